The van der Waals surface area contributed by atoms with Gasteiger partial charge < -0.3 is 15.5 Å². The Hall–Kier alpha value is -2.30. The van der Waals surface area contributed by atoms with E-state index >= 15 is 0 Å². The molecule has 1 aliphatic rings. The molecule has 0 aromatic heterocycles. The summed E-state index contributed by atoms with van der Waals surface area (Å²) in [5.74, 6) is -0.450. The lowest BCUT2D eigenvalue weighted by atomic mass is 10.1. The number of carbonyl (C=O) groups excluding carboxylic acids is 2. The molecule has 0 spiro atoms. The van der Waals surface area contributed by atoms with Crippen molar-refractivity contribution in [3.8, 4) is 0 Å². The van der Waals surface area contributed by atoms with Gasteiger partial charge in [-0.15, -0.1) is 0 Å². The van der Waals surface area contributed by atoms with Crippen LogP contribution in [0.5, 0.6) is 0 Å². The van der Waals surface area contributed by atoms with Crippen LogP contribution in [0.4, 0.5) is 5.69 Å². The number of nitrogens with one attached hydrogen (secondary N) is 2. The molecule has 0 aliphatic carbocycles. The van der Waals surface area contributed by atoms with E-state index in [2.05, 4.69) is 27.7 Å². The van der Waals surface area contributed by atoms with Gasteiger partial charge in [0.15, 0.2) is 0 Å². The number of amides is 2. The van der Waals surface area contributed by atoms with Gasteiger partial charge in [-0.1, -0.05) is 25.0 Å². The Morgan fingerprint density at radius 3 is 2.32 bits per heavy atom. The fourth-order valence-corrected chi connectivity index (χ4v) is 2.90. The first-order valence-corrected chi connectivity index (χ1v) is 9.15. The topological polar surface area (TPSA) is 61.4 Å². The van der Waals surface area contributed by atoms with Crippen molar-refractivity contribution >= 4 is 23.6 Å². The van der Waals surface area contributed by atoms with Crippen molar-refractivity contribution < 1.29 is 9.59 Å². The SMILES string of the molecule is CC(C)NC(=O)CNC(=O)/C=C/c1ccc(N2CCCCCC2)cc1. The molecular formula is C20H29N3O2. The van der Waals surface area contributed by atoms with Crippen LogP contribution in [-0.4, -0.2) is 37.5 Å². The van der Waals surface area contributed by atoms with Gasteiger partial charge in [-0.3, -0.25) is 9.59 Å². The molecule has 5 nitrogen and oxygen atoms in total. The number of carbonyl (C=O) groups is 2. The van der Waals surface area contributed by atoms with Crippen LogP contribution in [0.25, 0.3) is 6.08 Å². The minimum absolute atomic E-state index is 0.00471. The smallest absolute Gasteiger partial charge is 0.244 e. The molecule has 25 heavy (non-hydrogen) atoms. The van der Waals surface area contributed by atoms with Crippen molar-refractivity contribution in [3.05, 3.63) is 35.9 Å². The predicted octanol–water partition coefficient (Wildman–Crippen LogP) is 2.72. The summed E-state index contributed by atoms with van der Waals surface area (Å²) in [6.45, 7) is 6.01. The lowest BCUT2D eigenvalue weighted by Gasteiger charge is -2.22. The first-order valence-electron chi connectivity index (χ1n) is 9.15. The first-order chi connectivity index (χ1) is 12.0. The summed E-state index contributed by atoms with van der Waals surface area (Å²) in [6.07, 6.45) is 8.38. The highest BCUT2D eigenvalue weighted by molar-refractivity contribution is 5.94. The van der Waals surface area contributed by atoms with Gasteiger partial charge in [-0.2, -0.15) is 0 Å². The maximum Gasteiger partial charge on any atom is 0.244 e. The van der Waals surface area contributed by atoms with Gasteiger partial charge in [0.25, 0.3) is 0 Å². The van der Waals surface area contributed by atoms with E-state index < -0.39 is 0 Å². The standard InChI is InChI=1S/C20H29N3O2/c1-16(2)22-20(25)15-21-19(24)12-9-17-7-10-18(11-8-17)23-13-5-3-4-6-14-23/h7-12,16H,3-6,13-15H2,1-2H3,(H,21,24)(H,22,25)/b12-9+. The third-order valence-electron chi connectivity index (χ3n) is 4.16. The van der Waals surface area contributed by atoms with E-state index in [0.717, 1.165) is 18.7 Å². The monoisotopic (exact) mass is 343 g/mol. The molecule has 1 aromatic rings. The normalized spacial score (nSPS) is 15.2. The van der Waals surface area contributed by atoms with Gasteiger partial charge >= 0.3 is 0 Å². The second-order valence-corrected chi connectivity index (χ2v) is 6.77. The van der Waals surface area contributed by atoms with E-state index in [1.807, 2.05) is 26.0 Å². The maximum atomic E-state index is 11.8. The number of anilines is 1. The summed E-state index contributed by atoms with van der Waals surface area (Å²) < 4.78 is 0. The average Bonchev–Trinajstić information content (AvgIpc) is 2.87. The minimum atomic E-state index is -0.268. The molecule has 1 saturated heterocycles. The first kappa shape index (κ1) is 19.0. The number of nitrogens with zero attached hydrogens (tertiary/aromatic N) is 1. The fraction of sp³-hybridized carbons (Fsp3) is 0.500. The van der Waals surface area contributed by atoms with Crippen LogP contribution in [-0.2, 0) is 9.59 Å². The number of hydrogen-bond donors (Lipinski definition) is 2. The van der Waals surface area contributed by atoms with E-state index in [1.54, 1.807) is 6.08 Å². The molecule has 1 heterocycles. The lowest BCUT2D eigenvalue weighted by Crippen LogP contribution is -2.39. The molecule has 0 atom stereocenters. The Bertz CT molecular complexity index is 585. The molecular weight excluding hydrogens is 314 g/mol. The van der Waals surface area contributed by atoms with Crippen LogP contribution in [0, 0.1) is 0 Å². The Morgan fingerprint density at radius 2 is 1.72 bits per heavy atom. The Morgan fingerprint density at radius 1 is 1.08 bits per heavy atom. The fourth-order valence-electron chi connectivity index (χ4n) is 2.90. The van der Waals surface area contributed by atoms with E-state index in [9.17, 15) is 9.59 Å². The second kappa shape index (κ2) is 9.87. The third-order valence-corrected chi connectivity index (χ3v) is 4.16. The summed E-state index contributed by atoms with van der Waals surface area (Å²) >= 11 is 0. The van der Waals surface area contributed by atoms with Gasteiger partial charge in [0.2, 0.25) is 11.8 Å². The average molecular weight is 343 g/mol. The van der Waals surface area contributed by atoms with Gasteiger partial charge in [0.05, 0.1) is 6.54 Å². The van der Waals surface area contributed by atoms with Gasteiger partial charge in [-0.25, -0.2) is 0 Å². The molecule has 1 fully saturated rings. The Balaban J connectivity index is 1.82. The summed E-state index contributed by atoms with van der Waals surface area (Å²) in [6, 6.07) is 8.34. The number of hydrogen-bond acceptors (Lipinski definition) is 3. The molecule has 1 aromatic carbocycles. The molecule has 136 valence electrons. The minimum Gasteiger partial charge on any atom is -0.372 e. The number of rotatable bonds is 6. The van der Waals surface area contributed by atoms with Crippen molar-refractivity contribution in [1.82, 2.24) is 10.6 Å². The van der Waals surface area contributed by atoms with Crippen LogP contribution < -0.4 is 15.5 Å². The van der Waals surface area contributed by atoms with E-state index in [-0.39, 0.29) is 24.4 Å². The molecule has 1 aliphatic heterocycles. The second-order valence-electron chi connectivity index (χ2n) is 6.77. The Kier molecular flexibility index (Phi) is 7.51. The summed E-state index contributed by atoms with van der Waals surface area (Å²) in [5, 5.41) is 5.31. The van der Waals surface area contributed by atoms with E-state index in [0.29, 0.717) is 0 Å². The molecule has 2 rings (SSSR count). The summed E-state index contributed by atoms with van der Waals surface area (Å²) in [4.78, 5) is 25.7. The highest BCUT2D eigenvalue weighted by atomic mass is 16.2. The number of benzene rings is 1. The molecule has 0 radical (unpaired) electrons. The van der Waals surface area contributed by atoms with Gasteiger partial charge in [0, 0.05) is 30.9 Å². The largest absolute Gasteiger partial charge is 0.372 e. The lowest BCUT2D eigenvalue weighted by molar-refractivity contribution is -0.124. The van der Waals surface area contributed by atoms with Crippen LogP contribution in [0.3, 0.4) is 0 Å². The predicted molar refractivity (Wildman–Crippen MR) is 102 cm³/mol. The Labute approximate surface area is 150 Å². The quantitative estimate of drug-likeness (QED) is 0.781. The molecule has 5 heteroatoms. The highest BCUT2D eigenvalue weighted by Crippen LogP contribution is 2.20. The van der Waals surface area contributed by atoms with Crippen LogP contribution in [0.2, 0.25) is 0 Å². The van der Waals surface area contributed by atoms with E-state index in [1.165, 1.54) is 37.4 Å². The molecule has 0 unspecified atom stereocenters. The van der Waals surface area contributed by atoms with Crippen LogP contribution in [0.15, 0.2) is 30.3 Å². The van der Waals surface area contributed by atoms with Crippen molar-refractivity contribution in [2.45, 2.75) is 45.6 Å². The molecule has 0 bridgehead atoms. The zero-order valence-corrected chi connectivity index (χ0v) is 15.3. The zero-order chi connectivity index (χ0) is 18.1. The van der Waals surface area contributed by atoms with Crippen molar-refractivity contribution in [2.75, 3.05) is 24.5 Å². The molecule has 2 amide bonds. The van der Waals surface area contributed by atoms with Gasteiger partial charge in [0.1, 0.15) is 0 Å². The highest BCUT2D eigenvalue weighted by Gasteiger charge is 2.09. The van der Waals surface area contributed by atoms with Crippen LogP contribution >= 0.6 is 0 Å². The maximum absolute atomic E-state index is 11.8. The summed E-state index contributed by atoms with van der Waals surface area (Å²) in [5.41, 5.74) is 2.22. The third kappa shape index (κ3) is 6.99. The molecule has 2 N–H and O–H groups in total. The summed E-state index contributed by atoms with van der Waals surface area (Å²) in [7, 11) is 0. The van der Waals surface area contributed by atoms with Crippen molar-refractivity contribution in [2.24, 2.45) is 0 Å². The van der Waals surface area contributed by atoms with Gasteiger partial charge in [-0.05, 0) is 50.5 Å². The molecule has 0 saturated carbocycles. The van der Waals surface area contributed by atoms with Crippen molar-refractivity contribution in [3.63, 3.8) is 0 Å². The van der Waals surface area contributed by atoms with E-state index in [4.69, 9.17) is 0 Å². The zero-order valence-electron chi connectivity index (χ0n) is 15.3. The van der Waals surface area contributed by atoms with Crippen molar-refractivity contribution in [1.29, 1.82) is 0 Å². The van der Waals surface area contributed by atoms with Crippen LogP contribution in [0.1, 0.15) is 45.1 Å².